The van der Waals surface area contributed by atoms with Crippen LogP contribution in [0.4, 0.5) is 0 Å². The van der Waals surface area contributed by atoms with Crippen molar-refractivity contribution in [1.82, 2.24) is 15.1 Å². The number of carbonyl (C=O) groups excluding carboxylic acids is 1. The summed E-state index contributed by atoms with van der Waals surface area (Å²) in [7, 11) is 0. The summed E-state index contributed by atoms with van der Waals surface area (Å²) in [5, 5.41) is 11.8. The predicted octanol–water partition coefficient (Wildman–Crippen LogP) is 0.774. The number of rotatable bonds is 8. The van der Waals surface area contributed by atoms with Gasteiger partial charge in [-0.15, -0.1) is 0 Å². The number of hydrogen-bond acceptors (Lipinski definition) is 4. The van der Waals surface area contributed by atoms with E-state index < -0.39 is 5.97 Å². The maximum Gasteiger partial charge on any atom is 0.317 e. The third-order valence-corrected chi connectivity index (χ3v) is 3.99. The topological polar surface area (TPSA) is 72.9 Å². The van der Waals surface area contributed by atoms with E-state index >= 15 is 0 Å². The smallest absolute Gasteiger partial charge is 0.317 e. The summed E-state index contributed by atoms with van der Waals surface area (Å²) in [5.74, 6) is -0.706. The van der Waals surface area contributed by atoms with Gasteiger partial charge < -0.3 is 10.4 Å². The van der Waals surface area contributed by atoms with E-state index in [1.54, 1.807) is 0 Å². The Hall–Kier alpha value is -1.14. The van der Waals surface area contributed by atoms with Gasteiger partial charge in [-0.05, 0) is 19.8 Å². The van der Waals surface area contributed by atoms with Gasteiger partial charge in [0.25, 0.3) is 0 Å². The minimum atomic E-state index is -0.787. The van der Waals surface area contributed by atoms with Crippen LogP contribution in [0.25, 0.3) is 0 Å². The van der Waals surface area contributed by atoms with E-state index in [0.717, 1.165) is 51.9 Å². The first-order chi connectivity index (χ1) is 10.0. The van der Waals surface area contributed by atoms with Crippen molar-refractivity contribution >= 4 is 11.9 Å². The van der Waals surface area contributed by atoms with Crippen LogP contribution < -0.4 is 5.32 Å². The molecule has 6 nitrogen and oxygen atoms in total. The van der Waals surface area contributed by atoms with Crippen LogP contribution in [-0.2, 0) is 9.59 Å². The van der Waals surface area contributed by atoms with Crippen molar-refractivity contribution in [2.45, 2.75) is 45.6 Å². The molecule has 1 fully saturated rings. The molecule has 0 aromatic carbocycles. The fraction of sp³-hybridized carbons (Fsp3) is 0.867. The number of nitrogens with zero attached hydrogens (tertiary/aromatic N) is 2. The molecule has 0 aromatic rings. The average molecular weight is 299 g/mol. The molecule has 122 valence electrons. The Morgan fingerprint density at radius 2 is 1.95 bits per heavy atom. The Morgan fingerprint density at radius 1 is 1.19 bits per heavy atom. The van der Waals surface area contributed by atoms with E-state index in [0.29, 0.717) is 6.54 Å². The molecule has 1 aliphatic heterocycles. The van der Waals surface area contributed by atoms with Gasteiger partial charge in [-0.3, -0.25) is 19.4 Å². The molecule has 1 atom stereocenters. The Kier molecular flexibility index (Phi) is 8.30. The van der Waals surface area contributed by atoms with Crippen molar-refractivity contribution in [2.24, 2.45) is 0 Å². The van der Waals surface area contributed by atoms with Crippen LogP contribution >= 0.6 is 0 Å². The van der Waals surface area contributed by atoms with E-state index in [2.05, 4.69) is 17.1 Å². The van der Waals surface area contributed by atoms with Gasteiger partial charge in [0.15, 0.2) is 0 Å². The van der Waals surface area contributed by atoms with Crippen LogP contribution in [0, 0.1) is 0 Å². The van der Waals surface area contributed by atoms with Gasteiger partial charge >= 0.3 is 5.97 Å². The summed E-state index contributed by atoms with van der Waals surface area (Å²) in [5.41, 5.74) is 0. The summed E-state index contributed by atoms with van der Waals surface area (Å²) in [4.78, 5) is 27.0. The maximum atomic E-state index is 12.1. The first kappa shape index (κ1) is 17.9. The van der Waals surface area contributed by atoms with E-state index in [1.165, 1.54) is 0 Å². The first-order valence-corrected chi connectivity index (χ1v) is 8.00. The molecular weight excluding hydrogens is 270 g/mol. The quantitative estimate of drug-likeness (QED) is 0.648. The number of carboxylic acid groups (broad SMARTS) is 1. The lowest BCUT2D eigenvalue weighted by molar-refractivity contribution is -0.138. The van der Waals surface area contributed by atoms with Crippen LogP contribution in [0.15, 0.2) is 0 Å². The number of carboxylic acids is 1. The number of unbranched alkanes of at least 4 members (excludes halogenated alkanes) is 2. The molecule has 21 heavy (non-hydrogen) atoms. The standard InChI is InChI=1S/C15H29N3O3/c1-3-4-5-7-16-15(21)13(2)18-9-6-8-17(10-11-18)12-14(19)20/h13H,3-12H2,1-2H3,(H,16,21)(H,19,20). The van der Waals surface area contributed by atoms with Crippen molar-refractivity contribution in [3.8, 4) is 0 Å². The zero-order valence-electron chi connectivity index (χ0n) is 13.3. The third-order valence-electron chi connectivity index (χ3n) is 3.99. The van der Waals surface area contributed by atoms with Crippen LogP contribution in [-0.4, -0.2) is 72.1 Å². The molecule has 0 bridgehead atoms. The molecule has 1 amide bonds. The van der Waals surface area contributed by atoms with Crippen LogP contribution in [0.3, 0.4) is 0 Å². The normalized spacial score (nSPS) is 19.0. The van der Waals surface area contributed by atoms with Crippen LogP contribution in [0.5, 0.6) is 0 Å². The highest BCUT2D eigenvalue weighted by atomic mass is 16.4. The third kappa shape index (κ3) is 6.91. The fourth-order valence-electron chi connectivity index (χ4n) is 2.63. The van der Waals surface area contributed by atoms with Crippen LogP contribution in [0.1, 0.15) is 39.5 Å². The minimum Gasteiger partial charge on any atom is -0.480 e. The molecule has 1 saturated heterocycles. The fourth-order valence-corrected chi connectivity index (χ4v) is 2.63. The van der Waals surface area contributed by atoms with Gasteiger partial charge in [-0.1, -0.05) is 19.8 Å². The molecule has 6 heteroatoms. The van der Waals surface area contributed by atoms with Crippen molar-refractivity contribution in [1.29, 1.82) is 0 Å². The second-order valence-corrected chi connectivity index (χ2v) is 5.73. The largest absolute Gasteiger partial charge is 0.480 e. The van der Waals surface area contributed by atoms with E-state index in [-0.39, 0.29) is 18.5 Å². The van der Waals surface area contributed by atoms with E-state index in [9.17, 15) is 9.59 Å². The number of nitrogens with one attached hydrogen (secondary N) is 1. The van der Waals surface area contributed by atoms with Gasteiger partial charge in [-0.2, -0.15) is 0 Å². The molecule has 0 aliphatic carbocycles. The highest BCUT2D eigenvalue weighted by Crippen LogP contribution is 2.07. The molecule has 0 aromatic heterocycles. The molecule has 0 saturated carbocycles. The average Bonchev–Trinajstić information content (AvgIpc) is 2.67. The van der Waals surface area contributed by atoms with Gasteiger partial charge in [-0.25, -0.2) is 0 Å². The lowest BCUT2D eigenvalue weighted by Gasteiger charge is -2.26. The summed E-state index contributed by atoms with van der Waals surface area (Å²) < 4.78 is 0. The van der Waals surface area contributed by atoms with E-state index in [4.69, 9.17) is 5.11 Å². The summed E-state index contributed by atoms with van der Waals surface area (Å²) in [6.07, 6.45) is 4.22. The highest BCUT2D eigenvalue weighted by Gasteiger charge is 2.24. The molecule has 0 spiro atoms. The van der Waals surface area contributed by atoms with Gasteiger partial charge in [0, 0.05) is 32.7 Å². The molecular formula is C15H29N3O3. The van der Waals surface area contributed by atoms with Crippen molar-refractivity contribution in [3.05, 3.63) is 0 Å². The zero-order valence-corrected chi connectivity index (χ0v) is 13.3. The second-order valence-electron chi connectivity index (χ2n) is 5.73. The summed E-state index contributed by atoms with van der Waals surface area (Å²) in [6, 6.07) is -0.142. The monoisotopic (exact) mass is 299 g/mol. The number of amides is 1. The number of carbonyl (C=O) groups is 2. The molecule has 1 rings (SSSR count). The molecule has 0 radical (unpaired) electrons. The highest BCUT2D eigenvalue weighted by molar-refractivity contribution is 5.81. The lowest BCUT2D eigenvalue weighted by Crippen LogP contribution is -2.46. The lowest BCUT2D eigenvalue weighted by atomic mass is 10.2. The van der Waals surface area contributed by atoms with Gasteiger partial charge in [0.1, 0.15) is 0 Å². The maximum absolute atomic E-state index is 12.1. The van der Waals surface area contributed by atoms with Crippen molar-refractivity contribution in [2.75, 3.05) is 39.3 Å². The molecule has 2 N–H and O–H groups in total. The molecule has 1 aliphatic rings. The number of aliphatic carboxylic acids is 1. The summed E-state index contributed by atoms with van der Waals surface area (Å²) in [6.45, 7) is 8.00. The SMILES string of the molecule is CCCCCNC(=O)C(C)N1CCCN(CC(=O)O)CC1. The minimum absolute atomic E-state index is 0.0813. The molecule has 1 heterocycles. The zero-order chi connectivity index (χ0) is 15.7. The van der Waals surface area contributed by atoms with E-state index in [1.807, 2.05) is 11.8 Å². The Morgan fingerprint density at radius 3 is 2.62 bits per heavy atom. The predicted molar refractivity (Wildman–Crippen MR) is 82.3 cm³/mol. The number of hydrogen-bond donors (Lipinski definition) is 2. The Bertz CT molecular complexity index is 336. The Labute approximate surface area is 127 Å². The van der Waals surface area contributed by atoms with Gasteiger partial charge in [0.2, 0.25) is 5.91 Å². The van der Waals surface area contributed by atoms with Crippen LogP contribution in [0.2, 0.25) is 0 Å². The molecule has 1 unspecified atom stereocenters. The first-order valence-electron chi connectivity index (χ1n) is 8.00. The van der Waals surface area contributed by atoms with Crippen molar-refractivity contribution < 1.29 is 14.7 Å². The summed E-state index contributed by atoms with van der Waals surface area (Å²) >= 11 is 0. The second kappa shape index (κ2) is 9.73. The van der Waals surface area contributed by atoms with Crippen molar-refractivity contribution in [3.63, 3.8) is 0 Å². The Balaban J connectivity index is 2.34. The van der Waals surface area contributed by atoms with Gasteiger partial charge in [0.05, 0.1) is 12.6 Å².